The topological polar surface area (TPSA) is 70.6 Å². The second kappa shape index (κ2) is 6.63. The van der Waals surface area contributed by atoms with Gasteiger partial charge in [-0.2, -0.15) is 0 Å². The molecule has 2 aromatic rings. The first-order valence-corrected chi connectivity index (χ1v) is 10.6. The number of benzene rings is 1. The average molecular weight is 373 g/mol. The van der Waals surface area contributed by atoms with Crippen molar-refractivity contribution in [3.63, 3.8) is 0 Å². The van der Waals surface area contributed by atoms with Crippen molar-refractivity contribution in [3.8, 4) is 0 Å². The van der Waals surface area contributed by atoms with Gasteiger partial charge in [-0.15, -0.1) is 0 Å². The highest BCUT2D eigenvalue weighted by molar-refractivity contribution is 7.89. The van der Waals surface area contributed by atoms with Gasteiger partial charge in [-0.05, 0) is 38.3 Å². The highest BCUT2D eigenvalue weighted by Crippen LogP contribution is 2.26. The van der Waals surface area contributed by atoms with Crippen LogP contribution in [0.5, 0.6) is 0 Å². The summed E-state index contributed by atoms with van der Waals surface area (Å²) < 4.78 is 27.1. The van der Waals surface area contributed by atoms with Gasteiger partial charge < -0.3 is 4.90 Å². The zero-order valence-corrected chi connectivity index (χ0v) is 15.7. The largest absolute Gasteiger partial charge is 0.337 e. The van der Waals surface area contributed by atoms with Crippen molar-refractivity contribution in [1.82, 2.24) is 14.2 Å². The summed E-state index contributed by atoms with van der Waals surface area (Å²) in [5, 5.41) is 0.431. The Morgan fingerprint density at radius 2 is 1.88 bits per heavy atom. The molecule has 0 spiro atoms. The minimum atomic E-state index is -3.31. The minimum Gasteiger partial charge on any atom is -0.337 e. The molecular weight excluding hydrogens is 350 g/mol. The number of aryl methyl sites for hydroxylation is 1. The quantitative estimate of drug-likeness (QED) is 0.827. The molecule has 0 N–H and O–H groups in total. The van der Waals surface area contributed by atoms with E-state index in [1.807, 2.05) is 37.3 Å². The van der Waals surface area contributed by atoms with Crippen LogP contribution in [0.25, 0.3) is 10.9 Å². The van der Waals surface area contributed by atoms with Gasteiger partial charge in [0.05, 0.1) is 22.0 Å². The molecule has 4 rings (SSSR count). The SMILES string of the molecule is Cc1nc2ccccc2cc1C(=O)N1CCC(S(=O)(=O)N2CCCC2)C1. The predicted molar refractivity (Wildman–Crippen MR) is 101 cm³/mol. The number of pyridine rings is 1. The summed E-state index contributed by atoms with van der Waals surface area (Å²) in [6.07, 6.45) is 2.36. The maximum atomic E-state index is 13.0. The van der Waals surface area contributed by atoms with Crippen LogP contribution < -0.4 is 0 Å². The molecule has 1 aromatic heterocycles. The summed E-state index contributed by atoms with van der Waals surface area (Å²) in [5.41, 5.74) is 2.10. The lowest BCUT2D eigenvalue weighted by Crippen LogP contribution is -2.39. The van der Waals surface area contributed by atoms with Gasteiger partial charge in [0.1, 0.15) is 0 Å². The average Bonchev–Trinajstić information content (AvgIpc) is 3.32. The summed E-state index contributed by atoms with van der Waals surface area (Å²) in [4.78, 5) is 19.2. The van der Waals surface area contributed by atoms with Gasteiger partial charge in [0.15, 0.2) is 0 Å². The molecule has 2 fully saturated rings. The lowest BCUT2D eigenvalue weighted by molar-refractivity contribution is 0.0792. The number of amides is 1. The summed E-state index contributed by atoms with van der Waals surface area (Å²) >= 11 is 0. The number of hydrogen-bond donors (Lipinski definition) is 0. The van der Waals surface area contributed by atoms with Crippen LogP contribution in [0.15, 0.2) is 30.3 Å². The maximum absolute atomic E-state index is 13.0. The molecule has 2 aliphatic heterocycles. The normalized spacial score (nSPS) is 21.6. The molecule has 0 aliphatic carbocycles. The van der Waals surface area contributed by atoms with E-state index in [2.05, 4.69) is 4.98 Å². The maximum Gasteiger partial charge on any atom is 0.255 e. The van der Waals surface area contributed by atoms with E-state index in [1.54, 1.807) is 9.21 Å². The fourth-order valence-electron chi connectivity index (χ4n) is 3.91. The summed E-state index contributed by atoms with van der Waals surface area (Å²) in [6, 6.07) is 9.56. The third-order valence-electron chi connectivity index (χ3n) is 5.42. The molecule has 138 valence electrons. The fourth-order valence-corrected chi connectivity index (χ4v) is 5.87. The van der Waals surface area contributed by atoms with Crippen molar-refractivity contribution in [2.24, 2.45) is 0 Å². The highest BCUT2D eigenvalue weighted by atomic mass is 32.2. The van der Waals surface area contributed by atoms with E-state index in [-0.39, 0.29) is 12.5 Å². The molecule has 1 amide bonds. The molecule has 26 heavy (non-hydrogen) atoms. The van der Waals surface area contributed by atoms with Crippen LogP contribution in [0.1, 0.15) is 35.3 Å². The number of likely N-dealkylation sites (tertiary alicyclic amines) is 1. The van der Waals surface area contributed by atoms with Crippen LogP contribution >= 0.6 is 0 Å². The highest BCUT2D eigenvalue weighted by Gasteiger charge is 2.39. The van der Waals surface area contributed by atoms with Crippen LogP contribution in [0.2, 0.25) is 0 Å². The van der Waals surface area contributed by atoms with Gasteiger partial charge >= 0.3 is 0 Å². The van der Waals surface area contributed by atoms with Gasteiger partial charge in [-0.1, -0.05) is 18.2 Å². The van der Waals surface area contributed by atoms with Crippen molar-refractivity contribution in [1.29, 1.82) is 0 Å². The van der Waals surface area contributed by atoms with Crippen LogP contribution in [-0.4, -0.2) is 59.9 Å². The van der Waals surface area contributed by atoms with Crippen molar-refractivity contribution in [2.45, 2.75) is 31.4 Å². The number of carbonyl (C=O) groups excluding carboxylic acids is 1. The van der Waals surface area contributed by atoms with Crippen LogP contribution in [0, 0.1) is 6.92 Å². The second-order valence-electron chi connectivity index (χ2n) is 7.13. The molecule has 0 radical (unpaired) electrons. The number of hydrogen-bond acceptors (Lipinski definition) is 4. The van der Waals surface area contributed by atoms with Gasteiger partial charge in [0.2, 0.25) is 10.0 Å². The zero-order valence-electron chi connectivity index (χ0n) is 14.9. The standard InChI is InChI=1S/C19H23N3O3S/c1-14-17(12-15-6-2-3-7-18(15)20-14)19(23)21-11-8-16(13-21)26(24,25)22-9-4-5-10-22/h2-3,6-7,12,16H,4-5,8-11,13H2,1H3. The van der Waals surface area contributed by atoms with E-state index in [0.29, 0.717) is 37.3 Å². The number of carbonyl (C=O) groups is 1. The molecule has 1 aromatic carbocycles. The van der Waals surface area contributed by atoms with Crippen LogP contribution in [0.4, 0.5) is 0 Å². The van der Waals surface area contributed by atoms with E-state index < -0.39 is 15.3 Å². The van der Waals surface area contributed by atoms with E-state index >= 15 is 0 Å². The number of para-hydroxylation sites is 1. The molecule has 2 saturated heterocycles. The Morgan fingerprint density at radius 1 is 1.15 bits per heavy atom. The third-order valence-corrected chi connectivity index (χ3v) is 7.74. The molecule has 0 bridgehead atoms. The smallest absolute Gasteiger partial charge is 0.255 e. The number of aromatic nitrogens is 1. The van der Waals surface area contributed by atoms with Crippen LogP contribution in [-0.2, 0) is 10.0 Å². The monoisotopic (exact) mass is 373 g/mol. The molecule has 0 saturated carbocycles. The molecule has 7 heteroatoms. The van der Waals surface area contributed by atoms with E-state index in [4.69, 9.17) is 0 Å². The van der Waals surface area contributed by atoms with Gasteiger partial charge in [0.25, 0.3) is 5.91 Å². The number of sulfonamides is 1. The van der Waals surface area contributed by atoms with Crippen LogP contribution in [0.3, 0.4) is 0 Å². The molecule has 6 nitrogen and oxygen atoms in total. The number of fused-ring (bicyclic) bond motifs is 1. The predicted octanol–water partition coefficient (Wildman–Crippen LogP) is 2.18. The fraction of sp³-hybridized carbons (Fsp3) is 0.474. The minimum absolute atomic E-state index is 0.125. The van der Waals surface area contributed by atoms with Gasteiger partial charge in [0, 0.05) is 31.6 Å². The summed E-state index contributed by atoms with van der Waals surface area (Å²) in [7, 11) is -3.31. The summed E-state index contributed by atoms with van der Waals surface area (Å²) in [6.45, 7) is 3.79. The van der Waals surface area contributed by atoms with Crippen molar-refractivity contribution < 1.29 is 13.2 Å². The van der Waals surface area contributed by atoms with Crippen molar-refractivity contribution in [2.75, 3.05) is 26.2 Å². The molecule has 3 heterocycles. The number of rotatable bonds is 3. The van der Waals surface area contributed by atoms with E-state index in [1.165, 1.54) is 0 Å². The summed E-state index contributed by atoms with van der Waals surface area (Å²) in [5.74, 6) is -0.125. The molecular formula is C19H23N3O3S. The first kappa shape index (κ1) is 17.4. The Balaban J connectivity index is 1.55. The Morgan fingerprint density at radius 3 is 2.65 bits per heavy atom. The lowest BCUT2D eigenvalue weighted by Gasteiger charge is -2.21. The first-order valence-electron chi connectivity index (χ1n) is 9.11. The van der Waals surface area contributed by atoms with E-state index in [9.17, 15) is 13.2 Å². The molecule has 1 atom stereocenters. The van der Waals surface area contributed by atoms with E-state index in [0.717, 1.165) is 23.7 Å². The van der Waals surface area contributed by atoms with Gasteiger partial charge in [-0.3, -0.25) is 9.78 Å². The third kappa shape index (κ3) is 2.99. The Labute approximate surface area is 153 Å². The van der Waals surface area contributed by atoms with Crippen molar-refractivity contribution >= 4 is 26.8 Å². The second-order valence-corrected chi connectivity index (χ2v) is 9.34. The zero-order chi connectivity index (χ0) is 18.3. The Kier molecular flexibility index (Phi) is 4.44. The lowest BCUT2D eigenvalue weighted by atomic mass is 10.1. The van der Waals surface area contributed by atoms with Crippen molar-refractivity contribution in [3.05, 3.63) is 41.6 Å². The Hall–Kier alpha value is -1.99. The first-order chi connectivity index (χ1) is 12.5. The number of nitrogens with zero attached hydrogens (tertiary/aromatic N) is 3. The Bertz CT molecular complexity index is 952. The van der Waals surface area contributed by atoms with Gasteiger partial charge in [-0.25, -0.2) is 12.7 Å². The molecule has 1 unspecified atom stereocenters. The molecule has 2 aliphatic rings.